The Morgan fingerprint density at radius 3 is 2.92 bits per heavy atom. The highest BCUT2D eigenvalue weighted by Crippen LogP contribution is 2.23. The average Bonchev–Trinajstić information content (AvgIpc) is 3.12. The van der Waals surface area contributed by atoms with Crippen LogP contribution < -0.4 is 5.32 Å². The Hall–Kier alpha value is -2.95. The zero-order valence-corrected chi connectivity index (χ0v) is 13.5. The van der Waals surface area contributed by atoms with Crippen LogP contribution in [0.4, 0.5) is 4.39 Å². The second-order valence-corrected chi connectivity index (χ2v) is 5.86. The summed E-state index contributed by atoms with van der Waals surface area (Å²) in [6.07, 6.45) is 5.94. The predicted molar refractivity (Wildman–Crippen MR) is 84.2 cm³/mol. The molecule has 0 saturated carbocycles. The van der Waals surface area contributed by atoms with Gasteiger partial charge in [0.05, 0.1) is 5.69 Å². The summed E-state index contributed by atoms with van der Waals surface area (Å²) in [6.45, 7) is 2.86. The van der Waals surface area contributed by atoms with Crippen molar-refractivity contribution in [2.24, 2.45) is 7.05 Å². The normalized spacial score (nSPS) is 16.9. The van der Waals surface area contributed by atoms with E-state index < -0.39 is 11.7 Å². The quantitative estimate of drug-likeness (QED) is 0.856. The molecule has 1 aliphatic heterocycles. The molecular weight excluding hydrogens is 311 g/mol. The minimum Gasteiger partial charge on any atom is -0.346 e. The SMILES string of the molecule is Cc1nn(C)cc1-c1cnc(C(=O)N[C@@H]2CCN(C#N)C2)c(F)c1. The van der Waals surface area contributed by atoms with Gasteiger partial charge in [0.1, 0.15) is 0 Å². The minimum atomic E-state index is -0.677. The molecule has 1 aliphatic rings. The molecule has 0 spiro atoms. The third kappa shape index (κ3) is 3.06. The first-order chi connectivity index (χ1) is 11.5. The monoisotopic (exact) mass is 328 g/mol. The molecule has 3 heterocycles. The van der Waals surface area contributed by atoms with E-state index in [1.165, 1.54) is 12.3 Å². The standard InChI is InChI=1S/C16H17FN6O/c1-10-13(8-22(2)21-10)11-5-14(17)15(19-6-11)16(24)20-12-3-4-23(7-12)9-18/h5-6,8,12H,3-4,7H2,1-2H3,(H,20,24)/t12-/m1/s1. The average molecular weight is 328 g/mol. The predicted octanol–water partition coefficient (Wildman–Crippen LogP) is 1.21. The number of nitriles is 1. The number of pyridine rings is 1. The molecule has 1 atom stereocenters. The lowest BCUT2D eigenvalue weighted by molar-refractivity contribution is 0.0929. The maximum Gasteiger partial charge on any atom is 0.273 e. The van der Waals surface area contributed by atoms with Gasteiger partial charge in [0, 0.05) is 49.7 Å². The Labute approximate surface area is 138 Å². The molecular formula is C16H17FN6O. The van der Waals surface area contributed by atoms with E-state index in [0.29, 0.717) is 25.1 Å². The zero-order valence-electron chi connectivity index (χ0n) is 13.5. The van der Waals surface area contributed by atoms with Crippen molar-refractivity contribution in [3.63, 3.8) is 0 Å². The molecule has 1 amide bonds. The van der Waals surface area contributed by atoms with E-state index in [0.717, 1.165) is 11.3 Å². The van der Waals surface area contributed by atoms with Crippen molar-refractivity contribution in [2.45, 2.75) is 19.4 Å². The molecule has 1 saturated heterocycles. The smallest absolute Gasteiger partial charge is 0.273 e. The van der Waals surface area contributed by atoms with Crippen LogP contribution in [0, 0.1) is 24.2 Å². The van der Waals surface area contributed by atoms with Gasteiger partial charge >= 0.3 is 0 Å². The van der Waals surface area contributed by atoms with E-state index in [-0.39, 0.29) is 11.7 Å². The van der Waals surface area contributed by atoms with Crippen LogP contribution in [0.3, 0.4) is 0 Å². The molecule has 2 aromatic heterocycles. The molecule has 8 heteroatoms. The van der Waals surface area contributed by atoms with Gasteiger partial charge in [0.2, 0.25) is 0 Å². The van der Waals surface area contributed by atoms with Crippen LogP contribution in [-0.4, -0.2) is 44.7 Å². The summed E-state index contributed by atoms with van der Waals surface area (Å²) in [7, 11) is 1.79. The van der Waals surface area contributed by atoms with Gasteiger partial charge in [0.25, 0.3) is 5.91 Å². The first kappa shape index (κ1) is 15.9. The third-order valence-electron chi connectivity index (χ3n) is 4.05. The number of nitrogens with zero attached hydrogens (tertiary/aromatic N) is 5. The van der Waals surface area contributed by atoms with Crippen molar-refractivity contribution in [1.29, 1.82) is 5.26 Å². The van der Waals surface area contributed by atoms with Crippen LogP contribution in [0.15, 0.2) is 18.5 Å². The number of halogens is 1. The first-order valence-electron chi connectivity index (χ1n) is 7.59. The van der Waals surface area contributed by atoms with Crippen molar-refractivity contribution < 1.29 is 9.18 Å². The molecule has 124 valence electrons. The number of aryl methyl sites for hydroxylation is 2. The summed E-state index contributed by atoms with van der Waals surface area (Å²) in [5, 5.41) is 15.8. The molecule has 2 aromatic rings. The highest BCUT2D eigenvalue weighted by Gasteiger charge is 2.25. The number of carbonyl (C=O) groups is 1. The maximum atomic E-state index is 14.3. The van der Waals surface area contributed by atoms with Crippen molar-refractivity contribution in [3.05, 3.63) is 35.7 Å². The number of likely N-dealkylation sites (tertiary alicyclic amines) is 1. The van der Waals surface area contributed by atoms with Gasteiger partial charge in [-0.05, 0) is 19.4 Å². The Morgan fingerprint density at radius 2 is 2.33 bits per heavy atom. The molecule has 1 fully saturated rings. The highest BCUT2D eigenvalue weighted by atomic mass is 19.1. The van der Waals surface area contributed by atoms with Gasteiger partial charge in [-0.15, -0.1) is 0 Å². The number of nitrogens with one attached hydrogen (secondary N) is 1. The zero-order chi connectivity index (χ0) is 17.3. The van der Waals surface area contributed by atoms with Crippen LogP contribution in [0.1, 0.15) is 22.6 Å². The van der Waals surface area contributed by atoms with E-state index in [9.17, 15) is 9.18 Å². The lowest BCUT2D eigenvalue weighted by Crippen LogP contribution is -2.37. The summed E-state index contributed by atoms with van der Waals surface area (Å²) >= 11 is 0. The van der Waals surface area contributed by atoms with Crippen LogP contribution >= 0.6 is 0 Å². The molecule has 0 bridgehead atoms. The van der Waals surface area contributed by atoms with Crippen LogP contribution in [-0.2, 0) is 7.05 Å². The van der Waals surface area contributed by atoms with Gasteiger partial charge in [-0.25, -0.2) is 9.37 Å². The van der Waals surface area contributed by atoms with E-state index >= 15 is 0 Å². The molecule has 7 nitrogen and oxygen atoms in total. The number of hydrogen-bond donors (Lipinski definition) is 1. The van der Waals surface area contributed by atoms with Crippen LogP contribution in [0.5, 0.6) is 0 Å². The molecule has 0 aromatic carbocycles. The summed E-state index contributed by atoms with van der Waals surface area (Å²) in [5.41, 5.74) is 1.87. The Kier molecular flexibility index (Phi) is 4.16. The Bertz CT molecular complexity index is 824. The second-order valence-electron chi connectivity index (χ2n) is 5.86. The second kappa shape index (κ2) is 6.28. The van der Waals surface area contributed by atoms with Crippen LogP contribution in [0.25, 0.3) is 11.1 Å². The number of aromatic nitrogens is 3. The van der Waals surface area contributed by atoms with E-state index in [4.69, 9.17) is 5.26 Å². The van der Waals surface area contributed by atoms with Gasteiger partial charge in [-0.1, -0.05) is 0 Å². The van der Waals surface area contributed by atoms with Gasteiger partial charge in [0.15, 0.2) is 17.7 Å². The van der Waals surface area contributed by atoms with E-state index in [1.54, 1.807) is 22.8 Å². The number of hydrogen-bond acceptors (Lipinski definition) is 5. The fraction of sp³-hybridized carbons (Fsp3) is 0.375. The molecule has 0 unspecified atom stereocenters. The highest BCUT2D eigenvalue weighted by molar-refractivity contribution is 5.93. The Morgan fingerprint density at radius 1 is 1.54 bits per heavy atom. The number of carbonyl (C=O) groups excluding carboxylic acids is 1. The van der Waals surface area contributed by atoms with Crippen molar-refractivity contribution in [2.75, 3.05) is 13.1 Å². The topological polar surface area (TPSA) is 86.8 Å². The van der Waals surface area contributed by atoms with Gasteiger partial charge in [-0.3, -0.25) is 9.48 Å². The fourth-order valence-corrected chi connectivity index (χ4v) is 2.86. The van der Waals surface area contributed by atoms with Crippen molar-refractivity contribution in [3.8, 4) is 17.3 Å². The summed E-state index contributed by atoms with van der Waals surface area (Å²) < 4.78 is 16.0. The number of rotatable bonds is 3. The lowest BCUT2D eigenvalue weighted by atomic mass is 10.1. The van der Waals surface area contributed by atoms with Gasteiger partial charge in [-0.2, -0.15) is 10.4 Å². The molecule has 3 rings (SSSR count). The van der Waals surface area contributed by atoms with Gasteiger partial charge < -0.3 is 10.2 Å². The molecule has 24 heavy (non-hydrogen) atoms. The van der Waals surface area contributed by atoms with Crippen molar-refractivity contribution >= 4 is 5.91 Å². The maximum absolute atomic E-state index is 14.3. The molecule has 0 aliphatic carbocycles. The summed E-state index contributed by atoms with van der Waals surface area (Å²) in [5.74, 6) is -1.24. The van der Waals surface area contributed by atoms with Crippen molar-refractivity contribution in [1.82, 2.24) is 25.0 Å². The molecule has 1 N–H and O–H groups in total. The first-order valence-corrected chi connectivity index (χ1v) is 7.59. The number of amides is 1. The van der Waals surface area contributed by atoms with E-state index in [1.807, 2.05) is 13.1 Å². The minimum absolute atomic E-state index is 0.168. The Balaban J connectivity index is 1.76. The molecule has 0 radical (unpaired) electrons. The fourth-order valence-electron chi connectivity index (χ4n) is 2.86. The van der Waals surface area contributed by atoms with Crippen LogP contribution in [0.2, 0.25) is 0 Å². The van der Waals surface area contributed by atoms with E-state index in [2.05, 4.69) is 15.4 Å². The lowest BCUT2D eigenvalue weighted by Gasteiger charge is -2.12. The largest absolute Gasteiger partial charge is 0.346 e. The summed E-state index contributed by atoms with van der Waals surface area (Å²) in [6, 6.07) is 1.13. The third-order valence-corrected chi connectivity index (χ3v) is 4.05. The summed E-state index contributed by atoms with van der Waals surface area (Å²) in [4.78, 5) is 17.7.